The molecule has 23 heavy (non-hydrogen) atoms. The Morgan fingerprint density at radius 2 is 1.83 bits per heavy atom. The Morgan fingerprint density at radius 1 is 1.09 bits per heavy atom. The van der Waals surface area contributed by atoms with Crippen LogP contribution < -0.4 is 10.6 Å². The predicted molar refractivity (Wildman–Crippen MR) is 99.5 cm³/mol. The summed E-state index contributed by atoms with van der Waals surface area (Å²) in [5.41, 5.74) is 1.31. The number of hydrogen-bond acceptors (Lipinski definition) is 3. The first-order valence-electron chi connectivity index (χ1n) is 8.58. The quantitative estimate of drug-likeness (QED) is 0.627. The third-order valence-corrected chi connectivity index (χ3v) is 5.97. The number of thioether (sulfide) groups is 1. The summed E-state index contributed by atoms with van der Waals surface area (Å²) in [5, 5.41) is 6.75. The normalized spacial score (nSPS) is 21.1. The van der Waals surface area contributed by atoms with E-state index in [1.165, 1.54) is 49.0 Å². The summed E-state index contributed by atoms with van der Waals surface area (Å²) in [6, 6.07) is 8.99. The van der Waals surface area contributed by atoms with Crippen LogP contribution in [-0.4, -0.2) is 30.3 Å². The molecule has 0 spiro atoms. The first kappa shape index (κ1) is 18.6. The highest BCUT2D eigenvalue weighted by molar-refractivity contribution is 8.01. The summed E-state index contributed by atoms with van der Waals surface area (Å²) >= 11 is 1.70. The second-order valence-corrected chi connectivity index (χ2v) is 7.60. The molecular weight excluding hydrogens is 328 g/mol. The van der Waals surface area contributed by atoms with Crippen LogP contribution in [0.5, 0.6) is 0 Å². The van der Waals surface area contributed by atoms with Crippen LogP contribution in [0.3, 0.4) is 0 Å². The van der Waals surface area contributed by atoms with Crippen molar-refractivity contribution in [2.24, 2.45) is 0 Å². The lowest BCUT2D eigenvalue weighted by atomic mass is 10.1. The smallest absolute Gasteiger partial charge is 0.233 e. The lowest BCUT2D eigenvalue weighted by molar-refractivity contribution is -0.120. The molecule has 1 heterocycles. The van der Waals surface area contributed by atoms with Crippen molar-refractivity contribution < 1.29 is 4.79 Å². The summed E-state index contributed by atoms with van der Waals surface area (Å²) in [6.45, 7) is 1.63. The summed E-state index contributed by atoms with van der Waals surface area (Å²) < 4.78 is 0. The number of carbonyl (C=O) groups is 1. The molecule has 1 atom stereocenters. The van der Waals surface area contributed by atoms with Crippen LogP contribution in [0.1, 0.15) is 44.1 Å². The molecule has 1 saturated carbocycles. The van der Waals surface area contributed by atoms with Crippen LogP contribution in [0, 0.1) is 0 Å². The number of nitrogens with one attached hydrogen (secondary N) is 2. The number of carbonyl (C=O) groups excluding carboxylic acids is 1. The van der Waals surface area contributed by atoms with Crippen molar-refractivity contribution in [3.8, 4) is 0 Å². The molecule has 128 valence electrons. The van der Waals surface area contributed by atoms with Gasteiger partial charge in [0, 0.05) is 24.0 Å². The summed E-state index contributed by atoms with van der Waals surface area (Å²) in [7, 11) is 0. The summed E-state index contributed by atoms with van der Waals surface area (Å²) in [6.07, 6.45) is 8.91. The Labute approximate surface area is 149 Å². The Balaban J connectivity index is 0.00000192. The van der Waals surface area contributed by atoms with Crippen molar-refractivity contribution in [1.82, 2.24) is 10.6 Å². The molecule has 5 heteroatoms. The second-order valence-electron chi connectivity index (χ2n) is 6.35. The number of hydrogen-bond donors (Lipinski definition) is 2. The maximum Gasteiger partial charge on any atom is 0.233 e. The Hall–Kier alpha value is -0.710. The minimum atomic E-state index is 0. The molecule has 1 aliphatic carbocycles. The zero-order valence-electron chi connectivity index (χ0n) is 13.6. The molecule has 1 amide bonds. The monoisotopic (exact) mass is 354 g/mol. The fourth-order valence-corrected chi connectivity index (χ4v) is 4.61. The summed E-state index contributed by atoms with van der Waals surface area (Å²) in [4.78, 5) is 13.5. The van der Waals surface area contributed by atoms with Gasteiger partial charge in [-0.25, -0.2) is 0 Å². The zero-order valence-corrected chi connectivity index (χ0v) is 15.2. The predicted octanol–water partition coefficient (Wildman–Crippen LogP) is 3.55. The minimum Gasteiger partial charge on any atom is -0.354 e. The van der Waals surface area contributed by atoms with Gasteiger partial charge in [-0.1, -0.05) is 43.9 Å². The molecule has 0 bridgehead atoms. The highest BCUT2D eigenvalue weighted by Gasteiger charge is 2.27. The molecule has 2 N–H and O–H groups in total. The van der Waals surface area contributed by atoms with Crippen molar-refractivity contribution in [3.63, 3.8) is 0 Å². The first-order valence-corrected chi connectivity index (χ1v) is 9.46. The Morgan fingerprint density at radius 3 is 2.57 bits per heavy atom. The van der Waals surface area contributed by atoms with Crippen molar-refractivity contribution >= 4 is 30.1 Å². The van der Waals surface area contributed by atoms with Gasteiger partial charge < -0.3 is 10.6 Å². The van der Waals surface area contributed by atoms with E-state index in [1.54, 1.807) is 11.8 Å². The molecule has 1 aliphatic heterocycles. The Kier molecular flexibility index (Phi) is 7.74. The molecule has 3 rings (SSSR count). The van der Waals surface area contributed by atoms with Crippen LogP contribution in [0.4, 0.5) is 0 Å². The van der Waals surface area contributed by atoms with Gasteiger partial charge in [-0.15, -0.1) is 24.2 Å². The van der Waals surface area contributed by atoms with Gasteiger partial charge in [0.1, 0.15) is 0 Å². The van der Waals surface area contributed by atoms with Gasteiger partial charge in [-0.2, -0.15) is 0 Å². The SMILES string of the molecule is Cl.O=C(NCCNC1CCCCCC1)C1Cc2ccccc2S1. The highest BCUT2D eigenvalue weighted by Crippen LogP contribution is 2.36. The van der Waals surface area contributed by atoms with Crippen LogP contribution in [0.2, 0.25) is 0 Å². The van der Waals surface area contributed by atoms with E-state index in [1.807, 2.05) is 6.07 Å². The maximum atomic E-state index is 12.3. The van der Waals surface area contributed by atoms with Gasteiger partial charge in [-0.05, 0) is 30.9 Å². The second kappa shape index (κ2) is 9.55. The average molecular weight is 355 g/mol. The lowest BCUT2D eigenvalue weighted by Crippen LogP contribution is -2.39. The van der Waals surface area contributed by atoms with Crippen molar-refractivity contribution in [2.45, 2.75) is 61.1 Å². The standard InChI is InChI=1S/C18H26N2OS.ClH/c21-18(17-13-14-7-5-6-10-16(14)22-17)20-12-11-19-15-8-3-1-2-4-9-15;/h5-7,10,15,17,19H,1-4,8-9,11-13H2,(H,20,21);1H. The van der Waals surface area contributed by atoms with E-state index in [0.717, 1.165) is 19.5 Å². The number of benzene rings is 1. The molecule has 0 aromatic heterocycles. The minimum absolute atomic E-state index is 0. The Bertz CT molecular complexity index is 479. The number of rotatable bonds is 5. The van der Waals surface area contributed by atoms with Gasteiger partial charge in [0.05, 0.1) is 5.25 Å². The van der Waals surface area contributed by atoms with E-state index >= 15 is 0 Å². The van der Waals surface area contributed by atoms with E-state index in [-0.39, 0.29) is 23.6 Å². The molecule has 0 saturated heterocycles. The highest BCUT2D eigenvalue weighted by atomic mass is 35.5. The van der Waals surface area contributed by atoms with E-state index in [0.29, 0.717) is 6.04 Å². The van der Waals surface area contributed by atoms with Crippen molar-refractivity contribution in [1.29, 1.82) is 0 Å². The third-order valence-electron chi connectivity index (χ3n) is 4.65. The molecule has 2 aliphatic rings. The largest absolute Gasteiger partial charge is 0.354 e. The molecular formula is C18H27ClN2OS. The lowest BCUT2D eigenvalue weighted by Gasteiger charge is -2.17. The fourth-order valence-electron chi connectivity index (χ4n) is 3.39. The molecule has 1 aromatic carbocycles. The van der Waals surface area contributed by atoms with Gasteiger partial charge in [0.2, 0.25) is 5.91 Å². The van der Waals surface area contributed by atoms with Gasteiger partial charge in [0.25, 0.3) is 0 Å². The average Bonchev–Trinajstić information content (AvgIpc) is 2.81. The molecule has 1 unspecified atom stereocenters. The van der Waals surface area contributed by atoms with Crippen LogP contribution >= 0.6 is 24.2 Å². The van der Waals surface area contributed by atoms with Crippen LogP contribution in [0.15, 0.2) is 29.2 Å². The van der Waals surface area contributed by atoms with E-state index < -0.39 is 0 Å². The number of amides is 1. The molecule has 0 radical (unpaired) electrons. The number of halogens is 1. The van der Waals surface area contributed by atoms with Crippen molar-refractivity contribution in [3.05, 3.63) is 29.8 Å². The van der Waals surface area contributed by atoms with E-state index in [2.05, 4.69) is 28.8 Å². The summed E-state index contributed by atoms with van der Waals surface area (Å²) in [5.74, 6) is 0.184. The third kappa shape index (κ3) is 5.40. The molecule has 1 fully saturated rings. The topological polar surface area (TPSA) is 41.1 Å². The van der Waals surface area contributed by atoms with Crippen LogP contribution in [0.25, 0.3) is 0 Å². The fraction of sp³-hybridized carbons (Fsp3) is 0.611. The van der Waals surface area contributed by atoms with Crippen LogP contribution in [-0.2, 0) is 11.2 Å². The van der Waals surface area contributed by atoms with E-state index in [9.17, 15) is 4.79 Å². The molecule has 1 aromatic rings. The zero-order chi connectivity index (χ0) is 15.2. The van der Waals surface area contributed by atoms with Crippen molar-refractivity contribution in [2.75, 3.05) is 13.1 Å². The van der Waals surface area contributed by atoms with Gasteiger partial charge in [-0.3, -0.25) is 4.79 Å². The number of fused-ring (bicyclic) bond motifs is 1. The first-order chi connectivity index (χ1) is 10.8. The maximum absolute atomic E-state index is 12.3. The molecule has 3 nitrogen and oxygen atoms in total. The van der Waals surface area contributed by atoms with Gasteiger partial charge in [0.15, 0.2) is 0 Å². The van der Waals surface area contributed by atoms with E-state index in [4.69, 9.17) is 0 Å². The van der Waals surface area contributed by atoms with Gasteiger partial charge >= 0.3 is 0 Å².